The van der Waals surface area contributed by atoms with E-state index in [0.29, 0.717) is 38.3 Å². The van der Waals surface area contributed by atoms with E-state index >= 15 is 0 Å². The van der Waals surface area contributed by atoms with Crippen LogP contribution in [0.4, 0.5) is 11.6 Å². The molecule has 264 valence electrons. The number of hydrogen-bond donors (Lipinski definition) is 9. The van der Waals surface area contributed by atoms with Crippen molar-refractivity contribution in [3.8, 4) is 5.75 Å². The van der Waals surface area contributed by atoms with Crippen LogP contribution in [0.5, 0.6) is 5.75 Å². The second-order valence-corrected chi connectivity index (χ2v) is 11.7. The van der Waals surface area contributed by atoms with Crippen LogP contribution in [0.2, 0.25) is 5.15 Å². The van der Waals surface area contributed by atoms with Crippen molar-refractivity contribution in [2.75, 3.05) is 50.9 Å². The maximum Gasteiger partial charge on any atom is 0.276 e. The van der Waals surface area contributed by atoms with Gasteiger partial charge in [-0.05, 0) is 56.5 Å². The molecule has 1 heterocycles. The van der Waals surface area contributed by atoms with Crippen LogP contribution in [0.15, 0.2) is 24.3 Å². The Morgan fingerprint density at radius 3 is 2.40 bits per heavy atom. The summed E-state index contributed by atoms with van der Waals surface area (Å²) in [4.78, 5) is 33.5. The first-order valence-corrected chi connectivity index (χ1v) is 16.3. The number of unbranched alkanes of at least 4 members (excludes halogenated alkanes) is 4. The van der Waals surface area contributed by atoms with Gasteiger partial charge in [-0.2, -0.15) is 0 Å². The van der Waals surface area contributed by atoms with Crippen LogP contribution < -0.4 is 32.6 Å². The van der Waals surface area contributed by atoms with Gasteiger partial charge in [0, 0.05) is 13.1 Å². The molecule has 2 rings (SSSR count). The minimum atomic E-state index is -1.57. The summed E-state index contributed by atoms with van der Waals surface area (Å²) in [6, 6.07) is 7.78. The fourth-order valence-corrected chi connectivity index (χ4v) is 4.96. The number of anilines is 2. The largest absolute Gasteiger partial charge is 0.492 e. The van der Waals surface area contributed by atoms with Crippen LogP contribution in [-0.4, -0.2) is 111 Å². The van der Waals surface area contributed by atoms with Crippen molar-refractivity contribution in [3.63, 3.8) is 0 Å². The van der Waals surface area contributed by atoms with Gasteiger partial charge in [-0.15, -0.1) is 0 Å². The van der Waals surface area contributed by atoms with E-state index in [1.165, 1.54) is 0 Å². The lowest BCUT2D eigenvalue weighted by Gasteiger charge is -2.30. The smallest absolute Gasteiger partial charge is 0.276 e. The standard InChI is InChI=1S/C31H51ClN8O7/c1-2-3-4-7-14-40(17-23(43)22(18-41)26(45)24(44)19-42)15-16-47-21-11-9-20(10-12-21)8-5-6-13-36-31(35)39-30(46)25-28(33)38-29(34)27(32)37-25/h9-12,18,22-24,26,31,36,42-45H,2-8,13-17,19,35H2,1H3,(H,39,46)(H4,33,34,38)/t22-,23+,24-,26+,31?/m1/s1. The topological polar surface area (TPSA) is 255 Å². The van der Waals surface area contributed by atoms with Crippen LogP contribution in [0, 0.1) is 5.92 Å². The van der Waals surface area contributed by atoms with Gasteiger partial charge in [0.25, 0.3) is 5.91 Å². The molecule has 0 aliphatic carbocycles. The number of nitrogen functional groups attached to an aromatic ring is 2. The lowest BCUT2D eigenvalue weighted by atomic mass is 9.93. The Morgan fingerprint density at radius 2 is 1.74 bits per heavy atom. The number of aryl methyl sites for hydroxylation is 1. The van der Waals surface area contributed by atoms with Crippen molar-refractivity contribution in [2.45, 2.75) is 76.5 Å². The monoisotopic (exact) mass is 682 g/mol. The first kappa shape index (κ1) is 40.0. The van der Waals surface area contributed by atoms with Crippen LogP contribution in [0.25, 0.3) is 0 Å². The Morgan fingerprint density at radius 1 is 1.02 bits per heavy atom. The molecule has 0 bridgehead atoms. The third kappa shape index (κ3) is 14.2. The molecule has 5 atom stereocenters. The summed E-state index contributed by atoms with van der Waals surface area (Å²) in [5.74, 6) is -1.37. The molecule has 0 aliphatic rings. The molecule has 1 aromatic carbocycles. The first-order chi connectivity index (χ1) is 22.5. The number of ether oxygens (including phenoxy) is 1. The number of aldehydes is 1. The minimum absolute atomic E-state index is 0.0683. The number of nitrogens with two attached hydrogens (primary N) is 3. The number of aliphatic hydroxyl groups excluding tert-OH is 4. The third-order valence-electron chi connectivity index (χ3n) is 7.61. The highest BCUT2D eigenvalue weighted by Gasteiger charge is 2.32. The highest BCUT2D eigenvalue weighted by Crippen LogP contribution is 2.18. The summed E-state index contributed by atoms with van der Waals surface area (Å²) in [6.07, 6.45) is 1.90. The molecule has 0 saturated heterocycles. The van der Waals surface area contributed by atoms with Gasteiger partial charge in [0.05, 0.1) is 24.7 Å². The molecule has 0 spiro atoms. The average molecular weight is 683 g/mol. The Labute approximate surface area is 280 Å². The number of nitrogens with one attached hydrogen (secondary N) is 2. The van der Waals surface area contributed by atoms with Gasteiger partial charge in [0.2, 0.25) is 0 Å². The molecule has 47 heavy (non-hydrogen) atoms. The number of hydrogen-bond acceptors (Lipinski definition) is 14. The van der Waals surface area contributed by atoms with Crippen LogP contribution in [-0.2, 0) is 11.2 Å². The molecular formula is C31H51ClN8O7. The first-order valence-electron chi connectivity index (χ1n) is 15.9. The van der Waals surface area contributed by atoms with Gasteiger partial charge >= 0.3 is 0 Å². The summed E-state index contributed by atoms with van der Waals surface area (Å²) in [7, 11) is 0. The number of aromatic nitrogens is 2. The number of carbonyl (C=O) groups is 2. The molecule has 0 aliphatic heterocycles. The molecule has 15 nitrogen and oxygen atoms in total. The van der Waals surface area contributed by atoms with Gasteiger partial charge in [0.1, 0.15) is 31.0 Å². The van der Waals surface area contributed by atoms with Crippen LogP contribution in [0.3, 0.4) is 0 Å². The van der Waals surface area contributed by atoms with E-state index in [2.05, 4.69) is 27.5 Å². The molecule has 1 aromatic heterocycles. The zero-order valence-electron chi connectivity index (χ0n) is 26.9. The number of amides is 1. The fourth-order valence-electron chi connectivity index (χ4n) is 4.83. The third-order valence-corrected chi connectivity index (χ3v) is 7.89. The summed E-state index contributed by atoms with van der Waals surface area (Å²) in [5, 5.41) is 45.1. The molecule has 2 aromatic rings. The SMILES string of the molecule is CCCCCCN(CCOc1ccc(CCCCNC(N)NC(=O)c2nc(Cl)c(N)nc2N)cc1)C[C@H](O)[C@@H](C=O)[C@H](O)[C@H](O)CO. The number of halogens is 1. The Hall–Kier alpha value is -3.15. The van der Waals surface area contributed by atoms with E-state index in [1.807, 2.05) is 29.2 Å². The van der Waals surface area contributed by atoms with Crippen molar-refractivity contribution >= 4 is 35.4 Å². The average Bonchev–Trinajstić information content (AvgIpc) is 3.04. The lowest BCUT2D eigenvalue weighted by Crippen LogP contribution is -2.52. The molecule has 0 fully saturated rings. The molecule has 1 unspecified atom stereocenters. The molecular weight excluding hydrogens is 632 g/mol. The predicted octanol–water partition coefficient (Wildman–Crippen LogP) is 0.0302. The van der Waals surface area contributed by atoms with Crippen LogP contribution in [0.1, 0.15) is 61.5 Å². The van der Waals surface area contributed by atoms with E-state index in [-0.39, 0.29) is 29.0 Å². The molecule has 0 radical (unpaired) electrons. The number of rotatable bonds is 24. The van der Waals surface area contributed by atoms with Gasteiger partial charge in [-0.25, -0.2) is 9.97 Å². The highest BCUT2D eigenvalue weighted by atomic mass is 35.5. The van der Waals surface area contributed by atoms with Gasteiger partial charge in [0.15, 0.2) is 22.5 Å². The van der Waals surface area contributed by atoms with Crippen molar-refractivity contribution in [2.24, 2.45) is 11.7 Å². The predicted molar refractivity (Wildman–Crippen MR) is 179 cm³/mol. The zero-order valence-corrected chi connectivity index (χ0v) is 27.7. The van der Waals surface area contributed by atoms with Crippen molar-refractivity contribution in [1.29, 1.82) is 0 Å². The normalized spacial score (nSPS) is 14.7. The molecule has 1 amide bonds. The quantitative estimate of drug-likeness (QED) is 0.0402. The Kier molecular flexibility index (Phi) is 18.5. The van der Waals surface area contributed by atoms with Crippen LogP contribution >= 0.6 is 11.6 Å². The van der Waals surface area contributed by atoms with E-state index in [0.717, 1.165) is 50.5 Å². The van der Waals surface area contributed by atoms with Crippen molar-refractivity contribution < 1.29 is 34.8 Å². The summed E-state index contributed by atoms with van der Waals surface area (Å²) in [6.45, 7) is 3.59. The fraction of sp³-hybridized carbons (Fsp3) is 0.613. The van der Waals surface area contributed by atoms with E-state index in [9.17, 15) is 24.9 Å². The van der Waals surface area contributed by atoms with Gasteiger partial charge in [-0.1, -0.05) is 49.9 Å². The molecule has 12 N–H and O–H groups in total. The number of benzene rings is 1. The van der Waals surface area contributed by atoms with E-state index in [1.54, 1.807) is 0 Å². The second-order valence-electron chi connectivity index (χ2n) is 11.4. The van der Waals surface area contributed by atoms with E-state index in [4.69, 9.17) is 38.6 Å². The lowest BCUT2D eigenvalue weighted by molar-refractivity contribution is -0.127. The summed E-state index contributed by atoms with van der Waals surface area (Å²) < 4.78 is 5.94. The molecule has 0 saturated carbocycles. The van der Waals surface area contributed by atoms with Crippen molar-refractivity contribution in [1.82, 2.24) is 25.5 Å². The Balaban J connectivity index is 1.75. The number of aliphatic hydroxyl groups is 4. The summed E-state index contributed by atoms with van der Waals surface area (Å²) in [5.41, 5.74) is 18.1. The number of nitrogens with zero attached hydrogens (tertiary/aromatic N) is 3. The van der Waals surface area contributed by atoms with E-state index < -0.39 is 43.0 Å². The van der Waals surface area contributed by atoms with Crippen molar-refractivity contribution in [3.05, 3.63) is 40.7 Å². The minimum Gasteiger partial charge on any atom is -0.492 e. The second kappa shape index (κ2) is 21.7. The Bertz CT molecular complexity index is 1210. The highest BCUT2D eigenvalue weighted by molar-refractivity contribution is 6.31. The summed E-state index contributed by atoms with van der Waals surface area (Å²) >= 11 is 5.82. The maximum atomic E-state index is 12.4. The zero-order chi connectivity index (χ0) is 34.8. The molecule has 16 heteroatoms. The number of carbonyl (C=O) groups excluding carboxylic acids is 2. The van der Waals surface area contributed by atoms with Gasteiger partial charge < -0.3 is 46.7 Å². The maximum absolute atomic E-state index is 12.4. The van der Waals surface area contributed by atoms with Gasteiger partial charge in [-0.3, -0.25) is 20.7 Å².